The molecule has 0 aliphatic heterocycles. The van der Waals surface area contributed by atoms with E-state index >= 15 is 0 Å². The highest BCUT2D eigenvalue weighted by atomic mass is 32.1. The summed E-state index contributed by atoms with van der Waals surface area (Å²) >= 11 is 1.82. The Morgan fingerprint density at radius 1 is 1.35 bits per heavy atom. The molecule has 1 N–H and O–H groups in total. The van der Waals surface area contributed by atoms with Gasteiger partial charge in [-0.05, 0) is 30.5 Å². The lowest BCUT2D eigenvalue weighted by Gasteiger charge is -1.97. The van der Waals surface area contributed by atoms with Crippen molar-refractivity contribution >= 4 is 32.5 Å². The molecule has 3 rings (SSSR count). The van der Waals surface area contributed by atoms with Crippen molar-refractivity contribution in [1.29, 1.82) is 0 Å². The number of H-pyrrole nitrogens is 1. The summed E-state index contributed by atoms with van der Waals surface area (Å²) in [5.74, 6) is 0.538. The maximum atomic E-state index is 4.64. The van der Waals surface area contributed by atoms with Gasteiger partial charge in [-0.25, -0.2) is 4.98 Å². The van der Waals surface area contributed by atoms with E-state index in [2.05, 4.69) is 48.9 Å². The first-order chi connectivity index (χ1) is 8.19. The van der Waals surface area contributed by atoms with E-state index < -0.39 is 0 Å². The minimum atomic E-state index is 0.538. The van der Waals surface area contributed by atoms with Crippen molar-refractivity contribution in [1.82, 2.24) is 9.97 Å². The first-order valence-corrected chi connectivity index (χ1v) is 6.91. The van der Waals surface area contributed by atoms with Crippen LogP contribution in [0, 0.1) is 0 Å². The summed E-state index contributed by atoms with van der Waals surface area (Å²) in [5.41, 5.74) is 3.67. The fourth-order valence-corrected chi connectivity index (χ4v) is 3.14. The minimum absolute atomic E-state index is 0.538. The first kappa shape index (κ1) is 10.8. The normalized spacial score (nSPS) is 12.0. The van der Waals surface area contributed by atoms with Crippen molar-refractivity contribution in [2.24, 2.45) is 0 Å². The summed E-state index contributed by atoms with van der Waals surface area (Å²) in [6.07, 6.45) is 1.02. The lowest BCUT2D eigenvalue weighted by molar-refractivity contribution is 0.836. The number of hydrogen-bond donors (Lipinski definition) is 1. The molecule has 88 valence electrons. The van der Waals surface area contributed by atoms with Crippen molar-refractivity contribution in [2.45, 2.75) is 33.1 Å². The third-order valence-electron chi connectivity index (χ3n) is 3.14. The van der Waals surface area contributed by atoms with Gasteiger partial charge in [-0.3, -0.25) is 0 Å². The van der Waals surface area contributed by atoms with Crippen LogP contribution in [0.5, 0.6) is 0 Å². The highest BCUT2D eigenvalue weighted by Crippen LogP contribution is 2.32. The summed E-state index contributed by atoms with van der Waals surface area (Å²) < 4.78 is 1.32. The summed E-state index contributed by atoms with van der Waals surface area (Å²) in [7, 11) is 0. The van der Waals surface area contributed by atoms with Gasteiger partial charge < -0.3 is 4.98 Å². The molecule has 1 aromatic carbocycles. The van der Waals surface area contributed by atoms with E-state index in [4.69, 9.17) is 0 Å². The van der Waals surface area contributed by atoms with Gasteiger partial charge in [0.2, 0.25) is 0 Å². The van der Waals surface area contributed by atoms with Gasteiger partial charge >= 0.3 is 0 Å². The van der Waals surface area contributed by atoms with Gasteiger partial charge in [0.15, 0.2) is 0 Å². The standard InChI is InChI=1S/C14H16N2S/c1-4-13-16-11-6-5-10-9(14(11)17-13)7-12(15-10)8(2)3/h5-8,15H,4H2,1-3H3. The van der Waals surface area contributed by atoms with E-state index in [-0.39, 0.29) is 0 Å². The topological polar surface area (TPSA) is 28.7 Å². The maximum absolute atomic E-state index is 4.64. The number of aromatic nitrogens is 2. The van der Waals surface area contributed by atoms with E-state index in [0.29, 0.717) is 5.92 Å². The van der Waals surface area contributed by atoms with Gasteiger partial charge in [0.25, 0.3) is 0 Å². The van der Waals surface area contributed by atoms with Crippen LogP contribution < -0.4 is 0 Å². The number of aryl methyl sites for hydroxylation is 1. The van der Waals surface area contributed by atoms with Gasteiger partial charge in [-0.1, -0.05) is 20.8 Å². The molecule has 0 aliphatic rings. The number of aromatic amines is 1. The van der Waals surface area contributed by atoms with Gasteiger partial charge in [-0.15, -0.1) is 11.3 Å². The summed E-state index contributed by atoms with van der Waals surface area (Å²) in [4.78, 5) is 8.13. The molecule has 2 aromatic heterocycles. The molecule has 0 bridgehead atoms. The Kier molecular flexibility index (Phi) is 2.44. The van der Waals surface area contributed by atoms with Crippen LogP contribution in [0.1, 0.15) is 37.4 Å². The highest BCUT2D eigenvalue weighted by molar-refractivity contribution is 7.19. The van der Waals surface area contributed by atoms with E-state index in [1.807, 2.05) is 11.3 Å². The fraction of sp³-hybridized carbons (Fsp3) is 0.357. The zero-order valence-corrected chi connectivity index (χ0v) is 11.2. The van der Waals surface area contributed by atoms with Gasteiger partial charge in [0, 0.05) is 16.6 Å². The van der Waals surface area contributed by atoms with E-state index in [0.717, 1.165) is 11.9 Å². The SMILES string of the molecule is CCc1nc2ccc3[nH]c(C(C)C)cc3c2s1. The molecule has 0 spiro atoms. The first-order valence-electron chi connectivity index (χ1n) is 6.10. The van der Waals surface area contributed by atoms with Crippen LogP contribution in [0.2, 0.25) is 0 Å². The smallest absolute Gasteiger partial charge is 0.0936 e. The molecule has 0 saturated carbocycles. The average molecular weight is 244 g/mol. The molecule has 0 radical (unpaired) electrons. The number of nitrogens with zero attached hydrogens (tertiary/aromatic N) is 1. The summed E-state index contributed by atoms with van der Waals surface area (Å²) in [6.45, 7) is 6.59. The molecule has 0 saturated heterocycles. The second-order valence-electron chi connectivity index (χ2n) is 4.72. The van der Waals surface area contributed by atoms with Crippen LogP contribution in [0.25, 0.3) is 21.1 Å². The number of thiazole rings is 1. The van der Waals surface area contributed by atoms with Crippen molar-refractivity contribution in [3.8, 4) is 0 Å². The Labute approximate surface area is 105 Å². The fourth-order valence-electron chi connectivity index (χ4n) is 2.12. The van der Waals surface area contributed by atoms with Crippen LogP contribution in [0.3, 0.4) is 0 Å². The Morgan fingerprint density at radius 3 is 2.88 bits per heavy atom. The molecule has 0 atom stereocenters. The Bertz CT molecular complexity index is 676. The molecule has 3 heteroatoms. The van der Waals surface area contributed by atoms with Gasteiger partial charge in [0.05, 0.1) is 15.2 Å². The second-order valence-corrected chi connectivity index (χ2v) is 5.80. The van der Waals surface area contributed by atoms with Gasteiger partial charge in [-0.2, -0.15) is 0 Å². The molecule has 3 aromatic rings. The molecule has 2 nitrogen and oxygen atoms in total. The van der Waals surface area contributed by atoms with E-state index in [1.54, 1.807) is 0 Å². The zero-order valence-electron chi connectivity index (χ0n) is 10.4. The van der Waals surface area contributed by atoms with Crippen LogP contribution >= 0.6 is 11.3 Å². The lowest BCUT2D eigenvalue weighted by Crippen LogP contribution is -1.84. The zero-order chi connectivity index (χ0) is 12.0. The predicted molar refractivity (Wildman–Crippen MR) is 74.9 cm³/mol. The summed E-state index contributed by atoms with van der Waals surface area (Å²) in [5, 5.41) is 2.54. The maximum Gasteiger partial charge on any atom is 0.0936 e. The van der Waals surface area contributed by atoms with E-state index in [1.165, 1.54) is 26.3 Å². The second kappa shape index (κ2) is 3.84. The molecule has 2 heterocycles. The van der Waals surface area contributed by atoms with Gasteiger partial charge in [0.1, 0.15) is 0 Å². The molecule has 17 heavy (non-hydrogen) atoms. The summed E-state index contributed by atoms with van der Waals surface area (Å²) in [6, 6.07) is 6.54. The van der Waals surface area contributed by atoms with Crippen molar-refractivity contribution in [3.63, 3.8) is 0 Å². The average Bonchev–Trinajstić information content (AvgIpc) is 2.91. The Hall–Kier alpha value is -1.35. The van der Waals surface area contributed by atoms with Crippen molar-refractivity contribution < 1.29 is 0 Å². The van der Waals surface area contributed by atoms with Crippen LogP contribution in [-0.2, 0) is 6.42 Å². The molecule has 0 fully saturated rings. The predicted octanol–water partition coefficient (Wildman–Crippen LogP) is 4.46. The lowest BCUT2D eigenvalue weighted by atomic mass is 10.1. The Morgan fingerprint density at radius 2 is 2.18 bits per heavy atom. The number of rotatable bonds is 2. The van der Waals surface area contributed by atoms with E-state index in [9.17, 15) is 0 Å². The molecule has 0 amide bonds. The number of hydrogen-bond acceptors (Lipinski definition) is 2. The molecular weight excluding hydrogens is 228 g/mol. The third-order valence-corrected chi connectivity index (χ3v) is 4.39. The highest BCUT2D eigenvalue weighted by Gasteiger charge is 2.10. The Balaban J connectivity index is 2.33. The molecular formula is C14H16N2S. The number of nitrogens with one attached hydrogen (secondary N) is 1. The number of fused-ring (bicyclic) bond motifs is 3. The van der Waals surface area contributed by atoms with Crippen molar-refractivity contribution in [2.75, 3.05) is 0 Å². The van der Waals surface area contributed by atoms with Crippen LogP contribution in [-0.4, -0.2) is 9.97 Å². The largest absolute Gasteiger partial charge is 0.358 e. The molecule has 0 aliphatic carbocycles. The van der Waals surface area contributed by atoms with Crippen LogP contribution in [0.15, 0.2) is 18.2 Å². The van der Waals surface area contributed by atoms with Crippen molar-refractivity contribution in [3.05, 3.63) is 28.9 Å². The monoisotopic (exact) mass is 244 g/mol. The quantitative estimate of drug-likeness (QED) is 0.708. The number of benzene rings is 1. The minimum Gasteiger partial charge on any atom is -0.358 e. The molecule has 0 unspecified atom stereocenters. The third kappa shape index (κ3) is 1.65. The van der Waals surface area contributed by atoms with Crippen LogP contribution in [0.4, 0.5) is 0 Å².